The summed E-state index contributed by atoms with van der Waals surface area (Å²) < 4.78 is 23.5. The van der Waals surface area contributed by atoms with Crippen molar-refractivity contribution in [3.63, 3.8) is 0 Å². The second-order valence-electron chi connectivity index (χ2n) is 5.62. The zero-order chi connectivity index (χ0) is 13.3. The van der Waals surface area contributed by atoms with Gasteiger partial charge >= 0.3 is 0 Å². The van der Waals surface area contributed by atoms with Crippen LogP contribution in [0.3, 0.4) is 0 Å². The summed E-state index contributed by atoms with van der Waals surface area (Å²) in [5.74, 6) is -0.583. The topological polar surface area (TPSA) is 66.5 Å². The monoisotopic (exact) mass is 310 g/mol. The van der Waals surface area contributed by atoms with E-state index < -0.39 is 15.1 Å². The van der Waals surface area contributed by atoms with Crippen molar-refractivity contribution < 1.29 is 13.2 Å². The van der Waals surface area contributed by atoms with Crippen molar-refractivity contribution in [1.82, 2.24) is 10.2 Å². The molecule has 0 aromatic carbocycles. The summed E-state index contributed by atoms with van der Waals surface area (Å²) >= 11 is 0. The van der Waals surface area contributed by atoms with E-state index in [2.05, 4.69) is 5.32 Å². The van der Waals surface area contributed by atoms with E-state index in [9.17, 15) is 13.2 Å². The van der Waals surface area contributed by atoms with E-state index in [1.165, 1.54) is 6.42 Å². The molecule has 5 nitrogen and oxygen atoms in total. The number of carbonyl (C=O) groups excluding carboxylic acids is 1. The number of rotatable bonds is 3. The van der Waals surface area contributed by atoms with E-state index in [1.54, 1.807) is 18.7 Å². The highest BCUT2D eigenvalue weighted by molar-refractivity contribution is 7.92. The third-order valence-electron chi connectivity index (χ3n) is 3.92. The Balaban J connectivity index is 0.00000180. The van der Waals surface area contributed by atoms with Crippen LogP contribution in [0, 0.1) is 0 Å². The Bertz CT molecular complexity index is 425. The Labute approximate surface area is 121 Å². The predicted octanol–water partition coefficient (Wildman–Crippen LogP) is 0.584. The van der Waals surface area contributed by atoms with Gasteiger partial charge in [0.15, 0.2) is 9.84 Å². The number of likely N-dealkylation sites (tertiary alicyclic amines) is 1. The van der Waals surface area contributed by atoms with E-state index in [-0.39, 0.29) is 24.1 Å². The number of hydrogen-bond donors (Lipinski definition) is 1. The number of halogens is 1. The molecule has 2 heterocycles. The highest BCUT2D eigenvalue weighted by atomic mass is 35.5. The molecule has 2 saturated heterocycles. The van der Waals surface area contributed by atoms with Crippen LogP contribution in [0.25, 0.3) is 0 Å². The second kappa shape index (κ2) is 6.41. The van der Waals surface area contributed by atoms with Gasteiger partial charge in [0.2, 0.25) is 5.91 Å². The lowest BCUT2D eigenvalue weighted by molar-refractivity contribution is -0.128. The number of hydrogen-bond acceptors (Lipinski definition) is 4. The SMILES string of the molecule is CC(C)S(=O)(=O)CC(=O)N1CCC2CCC(C1)N2.Cl. The molecule has 0 radical (unpaired) electrons. The highest BCUT2D eigenvalue weighted by Gasteiger charge is 2.32. The molecule has 2 fully saturated rings. The van der Waals surface area contributed by atoms with Crippen LogP contribution in [0.1, 0.15) is 33.1 Å². The molecule has 2 bridgehead atoms. The zero-order valence-electron chi connectivity index (χ0n) is 11.5. The van der Waals surface area contributed by atoms with E-state index in [0.717, 1.165) is 12.8 Å². The third-order valence-corrected chi connectivity index (χ3v) is 6.00. The fraction of sp³-hybridized carbons (Fsp3) is 0.917. The first kappa shape index (κ1) is 16.7. The fourth-order valence-electron chi connectivity index (χ4n) is 2.60. The van der Waals surface area contributed by atoms with Crippen LogP contribution in [-0.4, -0.2) is 55.4 Å². The largest absolute Gasteiger partial charge is 0.340 e. The number of nitrogens with zero attached hydrogens (tertiary/aromatic N) is 1. The second-order valence-corrected chi connectivity index (χ2v) is 8.18. The number of sulfone groups is 1. The van der Waals surface area contributed by atoms with E-state index in [1.807, 2.05) is 0 Å². The molecule has 2 aliphatic rings. The van der Waals surface area contributed by atoms with Crippen molar-refractivity contribution in [2.75, 3.05) is 18.8 Å². The number of carbonyl (C=O) groups is 1. The van der Waals surface area contributed by atoms with Gasteiger partial charge in [-0.1, -0.05) is 0 Å². The lowest BCUT2D eigenvalue weighted by Crippen LogP contribution is -2.42. The van der Waals surface area contributed by atoms with Crippen LogP contribution in [0.15, 0.2) is 0 Å². The lowest BCUT2D eigenvalue weighted by atomic mass is 10.1. The highest BCUT2D eigenvalue weighted by Crippen LogP contribution is 2.20. The van der Waals surface area contributed by atoms with Gasteiger partial charge < -0.3 is 10.2 Å². The molecule has 0 spiro atoms. The smallest absolute Gasteiger partial charge is 0.237 e. The van der Waals surface area contributed by atoms with Crippen LogP contribution >= 0.6 is 12.4 Å². The summed E-state index contributed by atoms with van der Waals surface area (Å²) in [5, 5.41) is 3.00. The zero-order valence-corrected chi connectivity index (χ0v) is 13.1. The molecule has 2 aliphatic heterocycles. The molecule has 0 aromatic heterocycles. The molecule has 0 aliphatic carbocycles. The van der Waals surface area contributed by atoms with Crippen molar-refractivity contribution in [3.05, 3.63) is 0 Å². The fourth-order valence-corrected chi connectivity index (χ4v) is 3.46. The summed E-state index contributed by atoms with van der Waals surface area (Å²) in [4.78, 5) is 13.8. The molecule has 7 heteroatoms. The third kappa shape index (κ3) is 4.07. The Kier molecular flexibility index (Phi) is 5.65. The first-order valence-electron chi connectivity index (χ1n) is 6.64. The maximum Gasteiger partial charge on any atom is 0.237 e. The molecule has 2 unspecified atom stereocenters. The molecule has 1 N–H and O–H groups in total. The first-order valence-corrected chi connectivity index (χ1v) is 8.35. The average Bonchev–Trinajstić information content (AvgIpc) is 2.57. The van der Waals surface area contributed by atoms with Crippen molar-refractivity contribution in [2.45, 2.75) is 50.4 Å². The lowest BCUT2D eigenvalue weighted by Gasteiger charge is -2.24. The molecule has 2 atom stereocenters. The van der Waals surface area contributed by atoms with Gasteiger partial charge in [0.1, 0.15) is 5.75 Å². The Morgan fingerprint density at radius 2 is 1.89 bits per heavy atom. The molecule has 1 amide bonds. The standard InChI is InChI=1S/C12H22N2O3S.ClH/c1-9(2)18(16,17)8-12(15)14-6-5-10-3-4-11(7-14)13-10;/h9-11,13H,3-8H2,1-2H3;1H. The van der Waals surface area contributed by atoms with Crippen LogP contribution in [0.4, 0.5) is 0 Å². The van der Waals surface area contributed by atoms with Crippen LogP contribution in [0.5, 0.6) is 0 Å². The van der Waals surface area contributed by atoms with Crippen LogP contribution in [0.2, 0.25) is 0 Å². The minimum absolute atomic E-state index is 0. The van der Waals surface area contributed by atoms with Crippen molar-refractivity contribution in [1.29, 1.82) is 0 Å². The summed E-state index contributed by atoms with van der Waals surface area (Å²) in [7, 11) is -3.28. The van der Waals surface area contributed by atoms with Gasteiger partial charge in [-0.2, -0.15) is 0 Å². The molecule has 19 heavy (non-hydrogen) atoms. The van der Waals surface area contributed by atoms with E-state index in [4.69, 9.17) is 0 Å². The Morgan fingerprint density at radius 1 is 1.26 bits per heavy atom. The van der Waals surface area contributed by atoms with Gasteiger partial charge in [0, 0.05) is 25.2 Å². The van der Waals surface area contributed by atoms with Crippen molar-refractivity contribution >= 4 is 28.2 Å². The molecular weight excluding hydrogens is 288 g/mol. The molecular formula is C12H23ClN2O3S. The number of nitrogens with one attached hydrogen (secondary N) is 1. The predicted molar refractivity (Wildman–Crippen MR) is 77.3 cm³/mol. The van der Waals surface area contributed by atoms with Crippen molar-refractivity contribution in [3.8, 4) is 0 Å². The minimum atomic E-state index is -3.28. The van der Waals surface area contributed by atoms with Crippen LogP contribution < -0.4 is 5.32 Å². The first-order chi connectivity index (χ1) is 8.38. The van der Waals surface area contributed by atoms with Crippen molar-refractivity contribution in [2.24, 2.45) is 0 Å². The molecule has 2 rings (SSSR count). The molecule has 0 saturated carbocycles. The minimum Gasteiger partial charge on any atom is -0.340 e. The normalized spacial score (nSPS) is 27.0. The summed E-state index contributed by atoms with van der Waals surface area (Å²) in [5.41, 5.74) is 0. The maximum absolute atomic E-state index is 12.1. The van der Waals surface area contributed by atoms with E-state index >= 15 is 0 Å². The molecule has 0 aromatic rings. The van der Waals surface area contributed by atoms with Gasteiger partial charge in [-0.05, 0) is 33.1 Å². The van der Waals surface area contributed by atoms with Gasteiger partial charge in [0.25, 0.3) is 0 Å². The van der Waals surface area contributed by atoms with Gasteiger partial charge in [0.05, 0.1) is 5.25 Å². The quantitative estimate of drug-likeness (QED) is 0.828. The van der Waals surface area contributed by atoms with Gasteiger partial charge in [-0.25, -0.2) is 8.42 Å². The Hall–Kier alpha value is -0.330. The molecule has 112 valence electrons. The summed E-state index contributed by atoms with van der Waals surface area (Å²) in [6.45, 7) is 4.58. The van der Waals surface area contributed by atoms with Gasteiger partial charge in [-0.15, -0.1) is 12.4 Å². The van der Waals surface area contributed by atoms with E-state index in [0.29, 0.717) is 25.2 Å². The van der Waals surface area contributed by atoms with Gasteiger partial charge in [-0.3, -0.25) is 4.79 Å². The number of amides is 1. The average molecular weight is 311 g/mol. The number of fused-ring (bicyclic) bond motifs is 2. The summed E-state index contributed by atoms with van der Waals surface area (Å²) in [6.07, 6.45) is 3.20. The summed E-state index contributed by atoms with van der Waals surface area (Å²) in [6, 6.07) is 0.859. The maximum atomic E-state index is 12.1. The van der Waals surface area contributed by atoms with Crippen LogP contribution in [-0.2, 0) is 14.6 Å². The Morgan fingerprint density at radius 3 is 2.53 bits per heavy atom.